The van der Waals surface area contributed by atoms with Gasteiger partial charge >= 0.3 is 0 Å². The Hall–Kier alpha value is -2.59. The van der Waals surface area contributed by atoms with E-state index in [1.165, 1.54) is 0 Å². The first-order chi connectivity index (χ1) is 13.2. The van der Waals surface area contributed by atoms with Crippen molar-refractivity contribution in [2.75, 3.05) is 7.11 Å². The second kappa shape index (κ2) is 9.38. The molecule has 4 heteroatoms. The first kappa shape index (κ1) is 19.2. The van der Waals surface area contributed by atoms with Gasteiger partial charge in [0.25, 0.3) is 0 Å². The van der Waals surface area contributed by atoms with Crippen molar-refractivity contribution in [2.24, 2.45) is 0 Å². The topological polar surface area (TPSA) is 35.5 Å². The van der Waals surface area contributed by atoms with Crippen molar-refractivity contribution in [1.82, 2.24) is 0 Å². The smallest absolute Gasteiger partial charge is 0.163 e. The predicted molar refractivity (Wildman–Crippen MR) is 111 cm³/mol. The highest BCUT2D eigenvalue weighted by Gasteiger charge is 2.09. The number of benzene rings is 3. The third kappa shape index (κ3) is 5.44. The van der Waals surface area contributed by atoms with E-state index in [4.69, 9.17) is 9.47 Å². The Labute approximate surface area is 168 Å². The van der Waals surface area contributed by atoms with E-state index < -0.39 is 0 Å². The number of ketones is 1. The molecule has 0 spiro atoms. The summed E-state index contributed by atoms with van der Waals surface area (Å²) < 4.78 is 11.9. The van der Waals surface area contributed by atoms with Gasteiger partial charge in [-0.15, -0.1) is 0 Å². The minimum atomic E-state index is 0.118. The van der Waals surface area contributed by atoms with Gasteiger partial charge in [0.1, 0.15) is 18.1 Å². The van der Waals surface area contributed by atoms with Gasteiger partial charge in [-0.3, -0.25) is 4.79 Å². The zero-order valence-electron chi connectivity index (χ0n) is 15.2. The molecule has 3 rings (SSSR count). The zero-order valence-corrected chi connectivity index (χ0v) is 16.7. The Kier molecular flexibility index (Phi) is 6.66. The number of methoxy groups -OCH3 is 1. The largest absolute Gasteiger partial charge is 0.497 e. The molecule has 0 fully saturated rings. The molecule has 0 saturated heterocycles. The number of Topliss-reactive ketones (excluding diaryl/α,β-unsaturated/α-hetero) is 1. The van der Waals surface area contributed by atoms with Gasteiger partial charge in [0.2, 0.25) is 0 Å². The van der Waals surface area contributed by atoms with E-state index in [-0.39, 0.29) is 5.78 Å². The van der Waals surface area contributed by atoms with Crippen LogP contribution >= 0.6 is 15.9 Å². The Bertz CT molecular complexity index is 889. The molecule has 0 aliphatic rings. The van der Waals surface area contributed by atoms with Gasteiger partial charge in [-0.1, -0.05) is 52.3 Å². The van der Waals surface area contributed by atoms with E-state index in [9.17, 15) is 4.79 Å². The van der Waals surface area contributed by atoms with Crippen LogP contribution in [0.1, 0.15) is 27.9 Å². The average Bonchev–Trinajstić information content (AvgIpc) is 2.72. The molecule has 0 bridgehead atoms. The molecule has 138 valence electrons. The maximum absolute atomic E-state index is 12.5. The van der Waals surface area contributed by atoms with Crippen LogP contribution in [-0.2, 0) is 13.0 Å². The molecule has 27 heavy (non-hydrogen) atoms. The second-order valence-electron chi connectivity index (χ2n) is 6.18. The van der Waals surface area contributed by atoms with Crippen LogP contribution in [0.5, 0.6) is 11.5 Å². The van der Waals surface area contributed by atoms with E-state index in [1.807, 2.05) is 72.8 Å². The summed E-state index contributed by atoms with van der Waals surface area (Å²) in [6, 6.07) is 23.2. The highest BCUT2D eigenvalue weighted by atomic mass is 79.9. The van der Waals surface area contributed by atoms with Gasteiger partial charge in [-0.2, -0.15) is 0 Å². The number of carbonyl (C=O) groups excluding carboxylic acids is 1. The Morgan fingerprint density at radius 2 is 1.63 bits per heavy atom. The standard InChI is InChI=1S/C23H21BrO3/c1-26-21-13-7-18(22(24)15-21)10-14-23(25)19-8-11-20(12-9-19)27-16-17-5-3-2-4-6-17/h2-9,11-13,15H,10,14,16H2,1H3. The zero-order chi connectivity index (χ0) is 19.1. The molecule has 0 saturated carbocycles. The molecule has 0 aliphatic heterocycles. The van der Waals surface area contributed by atoms with Gasteiger partial charge in [0.15, 0.2) is 5.78 Å². The lowest BCUT2D eigenvalue weighted by Crippen LogP contribution is -2.02. The number of halogens is 1. The van der Waals surface area contributed by atoms with Crippen LogP contribution in [0.25, 0.3) is 0 Å². The fraction of sp³-hybridized carbons (Fsp3) is 0.174. The van der Waals surface area contributed by atoms with E-state index in [2.05, 4.69) is 15.9 Å². The van der Waals surface area contributed by atoms with Gasteiger partial charge in [-0.25, -0.2) is 0 Å². The maximum atomic E-state index is 12.5. The minimum Gasteiger partial charge on any atom is -0.497 e. The number of ether oxygens (including phenoxy) is 2. The van der Waals surface area contributed by atoms with Gasteiger partial charge < -0.3 is 9.47 Å². The van der Waals surface area contributed by atoms with Crippen molar-refractivity contribution in [3.8, 4) is 11.5 Å². The highest BCUT2D eigenvalue weighted by Crippen LogP contribution is 2.24. The van der Waals surface area contributed by atoms with E-state index in [0.717, 1.165) is 27.1 Å². The lowest BCUT2D eigenvalue weighted by atomic mass is 10.0. The molecular weight excluding hydrogens is 404 g/mol. The molecule has 0 unspecified atom stereocenters. The summed E-state index contributed by atoms with van der Waals surface area (Å²) >= 11 is 3.53. The summed E-state index contributed by atoms with van der Waals surface area (Å²) in [6.07, 6.45) is 1.13. The molecule has 3 nitrogen and oxygen atoms in total. The molecule has 3 aromatic rings. The fourth-order valence-electron chi connectivity index (χ4n) is 2.73. The molecule has 0 aromatic heterocycles. The number of rotatable bonds is 8. The number of carbonyl (C=O) groups is 1. The van der Waals surface area contributed by atoms with Crippen LogP contribution in [0.4, 0.5) is 0 Å². The molecule has 0 aliphatic carbocycles. The summed E-state index contributed by atoms with van der Waals surface area (Å²) in [5.74, 6) is 1.67. The lowest BCUT2D eigenvalue weighted by molar-refractivity contribution is 0.0982. The van der Waals surface area contributed by atoms with E-state index >= 15 is 0 Å². The first-order valence-corrected chi connectivity index (χ1v) is 9.57. The Morgan fingerprint density at radius 1 is 0.926 bits per heavy atom. The summed E-state index contributed by atoms with van der Waals surface area (Å²) in [4.78, 5) is 12.5. The predicted octanol–water partition coefficient (Wildman–Crippen LogP) is 5.85. The summed E-state index contributed by atoms with van der Waals surface area (Å²) in [5.41, 5.74) is 2.90. The fourth-order valence-corrected chi connectivity index (χ4v) is 3.28. The van der Waals surface area contributed by atoms with Crippen LogP contribution in [-0.4, -0.2) is 12.9 Å². The SMILES string of the molecule is COc1ccc(CCC(=O)c2ccc(OCc3ccccc3)cc2)c(Br)c1. The highest BCUT2D eigenvalue weighted by molar-refractivity contribution is 9.10. The van der Waals surface area contributed by atoms with Crippen LogP contribution in [0.2, 0.25) is 0 Å². The average molecular weight is 425 g/mol. The van der Waals surface area contributed by atoms with Crippen molar-refractivity contribution >= 4 is 21.7 Å². The number of aryl methyl sites for hydroxylation is 1. The van der Waals surface area contributed by atoms with E-state index in [0.29, 0.717) is 25.0 Å². The molecule has 0 N–H and O–H groups in total. The number of hydrogen-bond donors (Lipinski definition) is 0. The quantitative estimate of drug-likeness (QED) is 0.425. The number of hydrogen-bond acceptors (Lipinski definition) is 3. The minimum absolute atomic E-state index is 0.118. The molecular formula is C23H21BrO3. The first-order valence-electron chi connectivity index (χ1n) is 8.78. The normalized spacial score (nSPS) is 10.4. The lowest BCUT2D eigenvalue weighted by Gasteiger charge is -2.08. The van der Waals surface area contributed by atoms with Crippen LogP contribution in [0.15, 0.2) is 77.3 Å². The van der Waals surface area contributed by atoms with Crippen LogP contribution in [0.3, 0.4) is 0 Å². The van der Waals surface area contributed by atoms with Gasteiger partial charge in [0.05, 0.1) is 7.11 Å². The molecule has 0 heterocycles. The molecule has 3 aromatic carbocycles. The second-order valence-corrected chi connectivity index (χ2v) is 7.03. The molecule has 0 amide bonds. The summed E-state index contributed by atoms with van der Waals surface area (Å²) in [6.45, 7) is 0.514. The third-order valence-corrected chi connectivity index (χ3v) is 5.04. The van der Waals surface area contributed by atoms with Gasteiger partial charge in [-0.05, 0) is 53.9 Å². The van der Waals surface area contributed by atoms with Crippen molar-refractivity contribution in [2.45, 2.75) is 19.4 Å². The van der Waals surface area contributed by atoms with Crippen molar-refractivity contribution < 1.29 is 14.3 Å². The van der Waals surface area contributed by atoms with Gasteiger partial charge in [0, 0.05) is 16.5 Å². The monoisotopic (exact) mass is 424 g/mol. The Balaban J connectivity index is 1.54. The summed E-state index contributed by atoms with van der Waals surface area (Å²) in [7, 11) is 1.64. The van der Waals surface area contributed by atoms with Crippen molar-refractivity contribution in [3.63, 3.8) is 0 Å². The van der Waals surface area contributed by atoms with Crippen molar-refractivity contribution in [1.29, 1.82) is 0 Å². The maximum Gasteiger partial charge on any atom is 0.163 e. The Morgan fingerprint density at radius 3 is 2.30 bits per heavy atom. The van der Waals surface area contributed by atoms with E-state index in [1.54, 1.807) is 7.11 Å². The molecule has 0 radical (unpaired) electrons. The van der Waals surface area contributed by atoms with Crippen molar-refractivity contribution in [3.05, 3.63) is 94.0 Å². The summed E-state index contributed by atoms with van der Waals surface area (Å²) in [5, 5.41) is 0. The van der Waals surface area contributed by atoms with Crippen LogP contribution in [0, 0.1) is 0 Å². The third-order valence-electron chi connectivity index (χ3n) is 4.31. The van der Waals surface area contributed by atoms with Crippen LogP contribution < -0.4 is 9.47 Å². The molecule has 0 atom stereocenters.